The summed E-state index contributed by atoms with van der Waals surface area (Å²) in [6.07, 6.45) is 4.42. The summed E-state index contributed by atoms with van der Waals surface area (Å²) < 4.78 is 5.37. The minimum Gasteiger partial charge on any atom is -0.482 e. The van der Waals surface area contributed by atoms with Crippen molar-refractivity contribution in [2.45, 2.75) is 31.7 Å². The third-order valence-corrected chi connectivity index (χ3v) is 3.20. The van der Waals surface area contributed by atoms with Crippen molar-refractivity contribution >= 4 is 11.6 Å². The van der Waals surface area contributed by atoms with Gasteiger partial charge in [-0.25, -0.2) is 0 Å². The van der Waals surface area contributed by atoms with E-state index in [-0.39, 0.29) is 18.6 Å². The predicted octanol–water partition coefficient (Wildman–Crippen LogP) is 1.58. The number of ether oxygens (including phenoxy) is 1. The molecular formula is C14H17N3O2. The molecule has 5 nitrogen and oxygen atoms in total. The largest absolute Gasteiger partial charge is 0.482 e. The zero-order valence-electron chi connectivity index (χ0n) is 10.7. The Hall–Kier alpha value is -2.22. The Morgan fingerprint density at radius 1 is 1.47 bits per heavy atom. The second-order valence-corrected chi connectivity index (χ2v) is 4.70. The number of hydrogen-bond acceptors (Lipinski definition) is 4. The molecule has 1 fully saturated rings. The predicted molar refractivity (Wildman–Crippen MR) is 71.5 cm³/mol. The molecule has 0 heterocycles. The number of nitrogens with one attached hydrogen (secondary N) is 1. The first kappa shape index (κ1) is 13.2. The van der Waals surface area contributed by atoms with Crippen LogP contribution < -0.4 is 15.8 Å². The highest BCUT2D eigenvalue weighted by Gasteiger charge is 2.17. The molecule has 1 aliphatic rings. The highest BCUT2D eigenvalue weighted by Crippen LogP contribution is 2.20. The van der Waals surface area contributed by atoms with E-state index in [0.29, 0.717) is 17.0 Å². The summed E-state index contributed by atoms with van der Waals surface area (Å²) in [5.41, 5.74) is 6.42. The molecule has 0 saturated heterocycles. The summed E-state index contributed by atoms with van der Waals surface area (Å²) in [6, 6.07) is 7.06. The van der Waals surface area contributed by atoms with E-state index in [1.807, 2.05) is 6.07 Å². The van der Waals surface area contributed by atoms with Crippen molar-refractivity contribution in [1.29, 1.82) is 5.26 Å². The Morgan fingerprint density at radius 3 is 2.89 bits per heavy atom. The molecule has 3 N–H and O–H groups in total. The molecule has 0 bridgehead atoms. The van der Waals surface area contributed by atoms with Crippen molar-refractivity contribution in [1.82, 2.24) is 5.32 Å². The standard InChI is InChI=1S/C14H17N3O2/c15-8-10-7-11(16)5-6-13(10)19-9-14(18)17-12-3-1-2-4-12/h5-7,12H,1-4,9,16H2,(H,17,18). The maximum Gasteiger partial charge on any atom is 0.258 e. The van der Waals surface area contributed by atoms with Gasteiger partial charge in [-0.05, 0) is 31.0 Å². The van der Waals surface area contributed by atoms with Crippen molar-refractivity contribution in [3.63, 3.8) is 0 Å². The van der Waals surface area contributed by atoms with E-state index in [1.54, 1.807) is 12.1 Å². The molecule has 0 spiro atoms. The number of carbonyl (C=O) groups excluding carboxylic acids is 1. The highest BCUT2D eigenvalue weighted by molar-refractivity contribution is 5.78. The topological polar surface area (TPSA) is 88.1 Å². The fourth-order valence-electron chi connectivity index (χ4n) is 2.24. The molecule has 0 atom stereocenters. The molecule has 1 aromatic carbocycles. The van der Waals surface area contributed by atoms with Crippen molar-refractivity contribution < 1.29 is 9.53 Å². The van der Waals surface area contributed by atoms with Crippen LogP contribution in [-0.4, -0.2) is 18.6 Å². The Morgan fingerprint density at radius 2 is 2.21 bits per heavy atom. The van der Waals surface area contributed by atoms with Crippen LogP contribution in [0, 0.1) is 11.3 Å². The normalized spacial score (nSPS) is 14.9. The first-order chi connectivity index (χ1) is 9.19. The average molecular weight is 259 g/mol. The van der Waals surface area contributed by atoms with E-state index >= 15 is 0 Å². The summed E-state index contributed by atoms with van der Waals surface area (Å²) in [6.45, 7) is -0.0743. The van der Waals surface area contributed by atoms with Crippen LogP contribution in [0.2, 0.25) is 0 Å². The van der Waals surface area contributed by atoms with Gasteiger partial charge in [-0.15, -0.1) is 0 Å². The van der Waals surface area contributed by atoms with Gasteiger partial charge in [0.05, 0.1) is 5.56 Å². The van der Waals surface area contributed by atoms with Crippen LogP contribution in [0.3, 0.4) is 0 Å². The van der Waals surface area contributed by atoms with Crippen LogP contribution >= 0.6 is 0 Å². The summed E-state index contributed by atoms with van der Waals surface area (Å²) in [5, 5.41) is 11.9. The number of nitrogen functional groups attached to an aromatic ring is 1. The van der Waals surface area contributed by atoms with Gasteiger partial charge >= 0.3 is 0 Å². The fraction of sp³-hybridized carbons (Fsp3) is 0.429. The lowest BCUT2D eigenvalue weighted by atomic mass is 10.2. The van der Waals surface area contributed by atoms with Crippen LogP contribution in [-0.2, 0) is 4.79 Å². The molecule has 0 unspecified atom stereocenters. The van der Waals surface area contributed by atoms with E-state index in [2.05, 4.69) is 5.32 Å². The minimum atomic E-state index is -0.146. The maximum absolute atomic E-state index is 11.7. The lowest BCUT2D eigenvalue weighted by Gasteiger charge is -2.13. The zero-order chi connectivity index (χ0) is 13.7. The molecule has 19 heavy (non-hydrogen) atoms. The van der Waals surface area contributed by atoms with Gasteiger partial charge in [0.25, 0.3) is 5.91 Å². The number of carbonyl (C=O) groups is 1. The Kier molecular flexibility index (Phi) is 4.24. The van der Waals surface area contributed by atoms with E-state index < -0.39 is 0 Å². The Balaban J connectivity index is 1.88. The second kappa shape index (κ2) is 6.10. The van der Waals surface area contributed by atoms with Crippen molar-refractivity contribution in [2.24, 2.45) is 0 Å². The second-order valence-electron chi connectivity index (χ2n) is 4.70. The van der Waals surface area contributed by atoms with Crippen molar-refractivity contribution in [2.75, 3.05) is 12.3 Å². The fourth-order valence-corrected chi connectivity index (χ4v) is 2.24. The molecule has 1 aromatic rings. The SMILES string of the molecule is N#Cc1cc(N)ccc1OCC(=O)NC1CCCC1. The lowest BCUT2D eigenvalue weighted by Crippen LogP contribution is -2.36. The number of benzene rings is 1. The minimum absolute atomic E-state index is 0.0743. The summed E-state index contributed by atoms with van der Waals surface area (Å²) in [5.74, 6) is 0.242. The molecule has 2 rings (SSSR count). The third kappa shape index (κ3) is 3.62. The van der Waals surface area contributed by atoms with E-state index in [0.717, 1.165) is 12.8 Å². The average Bonchev–Trinajstić information content (AvgIpc) is 2.90. The number of nitrogens with two attached hydrogens (primary N) is 1. The molecule has 1 amide bonds. The van der Waals surface area contributed by atoms with Gasteiger partial charge in [0, 0.05) is 11.7 Å². The first-order valence-corrected chi connectivity index (χ1v) is 6.41. The summed E-state index contributed by atoms with van der Waals surface area (Å²) >= 11 is 0. The molecule has 0 radical (unpaired) electrons. The molecule has 0 aromatic heterocycles. The van der Waals surface area contributed by atoms with E-state index in [4.69, 9.17) is 15.7 Å². The van der Waals surface area contributed by atoms with Crippen LogP contribution in [0.1, 0.15) is 31.2 Å². The Labute approximate surface area is 112 Å². The smallest absolute Gasteiger partial charge is 0.258 e. The van der Waals surface area contributed by atoms with Crippen LogP contribution in [0.25, 0.3) is 0 Å². The van der Waals surface area contributed by atoms with Gasteiger partial charge < -0.3 is 15.8 Å². The van der Waals surface area contributed by atoms with Gasteiger partial charge in [0.1, 0.15) is 11.8 Å². The third-order valence-electron chi connectivity index (χ3n) is 3.20. The Bertz CT molecular complexity index is 502. The number of rotatable bonds is 4. The van der Waals surface area contributed by atoms with Crippen LogP contribution in [0.4, 0.5) is 5.69 Å². The van der Waals surface area contributed by atoms with Gasteiger partial charge in [-0.3, -0.25) is 4.79 Å². The summed E-state index contributed by atoms with van der Waals surface area (Å²) in [4.78, 5) is 11.7. The number of nitriles is 1. The molecule has 0 aliphatic heterocycles. The van der Waals surface area contributed by atoms with Crippen molar-refractivity contribution in [3.8, 4) is 11.8 Å². The first-order valence-electron chi connectivity index (χ1n) is 6.41. The maximum atomic E-state index is 11.7. The molecule has 100 valence electrons. The van der Waals surface area contributed by atoms with Gasteiger partial charge in [0.2, 0.25) is 0 Å². The number of nitrogens with zero attached hydrogens (tertiary/aromatic N) is 1. The molecular weight excluding hydrogens is 242 g/mol. The highest BCUT2D eigenvalue weighted by atomic mass is 16.5. The number of anilines is 1. The molecule has 5 heteroatoms. The lowest BCUT2D eigenvalue weighted by molar-refractivity contribution is -0.123. The van der Waals surface area contributed by atoms with Gasteiger partial charge in [-0.2, -0.15) is 5.26 Å². The van der Waals surface area contributed by atoms with Gasteiger partial charge in [0.15, 0.2) is 6.61 Å². The number of hydrogen-bond donors (Lipinski definition) is 2. The van der Waals surface area contributed by atoms with Gasteiger partial charge in [-0.1, -0.05) is 12.8 Å². The van der Waals surface area contributed by atoms with E-state index in [1.165, 1.54) is 18.9 Å². The van der Waals surface area contributed by atoms with Crippen LogP contribution in [0.5, 0.6) is 5.75 Å². The molecule has 1 saturated carbocycles. The molecule has 1 aliphatic carbocycles. The van der Waals surface area contributed by atoms with Crippen molar-refractivity contribution in [3.05, 3.63) is 23.8 Å². The van der Waals surface area contributed by atoms with Crippen LogP contribution in [0.15, 0.2) is 18.2 Å². The number of amides is 1. The zero-order valence-corrected chi connectivity index (χ0v) is 10.7. The monoisotopic (exact) mass is 259 g/mol. The quantitative estimate of drug-likeness (QED) is 0.803. The summed E-state index contributed by atoms with van der Waals surface area (Å²) in [7, 11) is 0. The van der Waals surface area contributed by atoms with E-state index in [9.17, 15) is 4.79 Å².